The molecular weight excluding hydrogens is 356 g/mol. The van der Waals surface area contributed by atoms with Crippen molar-refractivity contribution in [1.29, 1.82) is 0 Å². The van der Waals surface area contributed by atoms with Crippen LogP contribution in [0.5, 0.6) is 5.75 Å². The number of amides is 1. The van der Waals surface area contributed by atoms with Crippen LogP contribution in [0.15, 0.2) is 29.3 Å². The summed E-state index contributed by atoms with van der Waals surface area (Å²) >= 11 is 5.98. The number of halogens is 1. The molecule has 2 rings (SSSR count). The number of carbonyl (C=O) groups excluding carboxylic acids is 1. The quantitative estimate of drug-likeness (QED) is 0.743. The highest BCUT2D eigenvalue weighted by Crippen LogP contribution is 2.27. The Morgan fingerprint density at radius 3 is 2.71 bits per heavy atom. The smallest absolute Gasteiger partial charge is 0.255 e. The molecule has 0 saturated heterocycles. The molecule has 8 nitrogen and oxygen atoms in total. The van der Waals surface area contributed by atoms with Crippen molar-refractivity contribution >= 4 is 27.5 Å². The van der Waals surface area contributed by atoms with E-state index < -0.39 is 15.9 Å². The van der Waals surface area contributed by atoms with Gasteiger partial charge in [-0.05, 0) is 25.1 Å². The Hall–Kier alpha value is -2.10. The van der Waals surface area contributed by atoms with Gasteiger partial charge in [-0.2, -0.15) is 5.10 Å². The molecule has 0 radical (unpaired) electrons. The molecule has 0 unspecified atom stereocenters. The summed E-state index contributed by atoms with van der Waals surface area (Å²) in [6.07, 6.45) is 1.60. The predicted octanol–water partition coefficient (Wildman–Crippen LogP) is 0.725. The largest absolute Gasteiger partial charge is 0.482 e. The van der Waals surface area contributed by atoms with Crippen molar-refractivity contribution < 1.29 is 17.9 Å². The fraction of sp³-hybridized carbons (Fsp3) is 0.286. The number of nitrogens with one attached hydrogen (secondary N) is 1. The second kappa shape index (κ2) is 7.20. The first-order chi connectivity index (χ1) is 11.2. The summed E-state index contributed by atoms with van der Waals surface area (Å²) in [5.74, 6) is -0.478. The van der Waals surface area contributed by atoms with E-state index in [1.54, 1.807) is 17.9 Å². The van der Waals surface area contributed by atoms with Crippen molar-refractivity contribution in [2.24, 2.45) is 12.8 Å². The first-order valence-corrected chi connectivity index (χ1v) is 8.74. The molecular formula is C14H17ClN4O4S. The fourth-order valence-electron chi connectivity index (χ4n) is 1.89. The van der Waals surface area contributed by atoms with Crippen LogP contribution in [0.4, 0.5) is 0 Å². The number of primary amides is 1. The Balaban J connectivity index is 2.12. The Morgan fingerprint density at radius 1 is 1.46 bits per heavy atom. The summed E-state index contributed by atoms with van der Waals surface area (Å²) < 4.78 is 33.9. The molecule has 3 N–H and O–H groups in total. The molecule has 0 saturated carbocycles. The van der Waals surface area contributed by atoms with Crippen LogP contribution >= 0.6 is 11.6 Å². The minimum Gasteiger partial charge on any atom is -0.482 e. The number of nitrogens with zero attached hydrogens (tertiary/aromatic N) is 2. The zero-order valence-electron chi connectivity index (χ0n) is 13.1. The Labute approximate surface area is 144 Å². The van der Waals surface area contributed by atoms with Gasteiger partial charge in [0.15, 0.2) is 6.61 Å². The zero-order chi connectivity index (χ0) is 17.9. The zero-order valence-corrected chi connectivity index (χ0v) is 14.7. The van der Waals surface area contributed by atoms with Crippen LogP contribution < -0.4 is 15.2 Å². The molecule has 0 bridgehead atoms. The maximum absolute atomic E-state index is 12.3. The standard InChI is InChI=1S/C14H17ClN4O4S/c1-9-10(6-17-19(9)2)7-18-24(21,22)11-3-4-13(12(15)5-11)23-8-14(16)20/h3-6,18H,7-8H2,1-2H3,(H2,16,20). The monoisotopic (exact) mass is 372 g/mol. The summed E-state index contributed by atoms with van der Waals surface area (Å²) in [5.41, 5.74) is 6.62. The van der Waals surface area contributed by atoms with Gasteiger partial charge in [-0.3, -0.25) is 9.48 Å². The molecule has 0 fully saturated rings. The van der Waals surface area contributed by atoms with Gasteiger partial charge in [0.25, 0.3) is 5.91 Å². The first-order valence-electron chi connectivity index (χ1n) is 6.88. The van der Waals surface area contributed by atoms with Crippen molar-refractivity contribution in [1.82, 2.24) is 14.5 Å². The van der Waals surface area contributed by atoms with Gasteiger partial charge in [-0.1, -0.05) is 11.6 Å². The van der Waals surface area contributed by atoms with Gasteiger partial charge < -0.3 is 10.5 Å². The third-order valence-corrected chi connectivity index (χ3v) is 5.07. The van der Waals surface area contributed by atoms with Crippen molar-refractivity contribution in [3.05, 3.63) is 40.7 Å². The summed E-state index contributed by atoms with van der Waals surface area (Å²) in [7, 11) is -1.98. The number of hydrogen-bond acceptors (Lipinski definition) is 5. The van der Waals surface area contributed by atoms with Gasteiger partial charge in [0.05, 0.1) is 16.1 Å². The van der Waals surface area contributed by atoms with Crippen LogP contribution in [0, 0.1) is 6.92 Å². The van der Waals surface area contributed by atoms with E-state index in [2.05, 4.69) is 9.82 Å². The van der Waals surface area contributed by atoms with E-state index in [4.69, 9.17) is 22.1 Å². The normalized spacial score (nSPS) is 11.5. The lowest BCUT2D eigenvalue weighted by molar-refractivity contribution is -0.119. The molecule has 1 aromatic heterocycles. The number of carbonyl (C=O) groups is 1. The number of hydrogen-bond donors (Lipinski definition) is 2. The number of nitrogens with two attached hydrogens (primary N) is 1. The number of sulfonamides is 1. The molecule has 130 valence electrons. The number of benzene rings is 1. The lowest BCUT2D eigenvalue weighted by Gasteiger charge is -2.10. The molecule has 10 heteroatoms. The Bertz CT molecular complexity index is 864. The number of aromatic nitrogens is 2. The van der Waals surface area contributed by atoms with Crippen LogP contribution in [-0.4, -0.2) is 30.7 Å². The molecule has 0 spiro atoms. The average Bonchev–Trinajstić information content (AvgIpc) is 2.83. The maximum Gasteiger partial charge on any atom is 0.255 e. The van der Waals surface area contributed by atoms with E-state index in [-0.39, 0.29) is 28.8 Å². The molecule has 1 amide bonds. The Kier molecular flexibility index (Phi) is 5.47. The predicted molar refractivity (Wildman–Crippen MR) is 88.1 cm³/mol. The topological polar surface area (TPSA) is 116 Å². The van der Waals surface area contributed by atoms with Gasteiger partial charge in [-0.25, -0.2) is 13.1 Å². The highest BCUT2D eigenvalue weighted by Gasteiger charge is 2.17. The van der Waals surface area contributed by atoms with Crippen LogP contribution in [0.2, 0.25) is 5.02 Å². The van der Waals surface area contributed by atoms with Crippen molar-refractivity contribution in [2.75, 3.05) is 6.61 Å². The number of rotatable bonds is 7. The van der Waals surface area contributed by atoms with Gasteiger partial charge in [0, 0.05) is 24.8 Å². The average molecular weight is 373 g/mol. The first kappa shape index (κ1) is 18.2. The second-order valence-electron chi connectivity index (χ2n) is 5.05. The minimum absolute atomic E-state index is 0.0135. The molecule has 1 heterocycles. The number of aryl methyl sites for hydroxylation is 1. The van der Waals surface area contributed by atoms with Gasteiger partial charge >= 0.3 is 0 Å². The summed E-state index contributed by atoms with van der Waals surface area (Å²) in [6, 6.07) is 3.95. The van der Waals surface area contributed by atoms with E-state index in [1.807, 2.05) is 6.92 Å². The molecule has 0 aliphatic carbocycles. The third kappa shape index (κ3) is 4.25. The van der Waals surface area contributed by atoms with Crippen molar-refractivity contribution in [2.45, 2.75) is 18.4 Å². The minimum atomic E-state index is -3.76. The summed E-state index contributed by atoms with van der Waals surface area (Å²) in [4.78, 5) is 10.7. The molecule has 0 atom stereocenters. The van der Waals surface area contributed by atoms with Crippen LogP contribution in [0.25, 0.3) is 0 Å². The lowest BCUT2D eigenvalue weighted by Crippen LogP contribution is -2.23. The highest BCUT2D eigenvalue weighted by molar-refractivity contribution is 7.89. The lowest BCUT2D eigenvalue weighted by atomic mass is 10.3. The van der Waals surface area contributed by atoms with Crippen LogP contribution in [-0.2, 0) is 28.4 Å². The van der Waals surface area contributed by atoms with E-state index in [1.165, 1.54) is 18.2 Å². The van der Waals surface area contributed by atoms with Crippen LogP contribution in [0.1, 0.15) is 11.3 Å². The molecule has 2 aromatic rings. The fourth-order valence-corrected chi connectivity index (χ4v) is 3.22. The maximum atomic E-state index is 12.3. The number of ether oxygens (including phenoxy) is 1. The second-order valence-corrected chi connectivity index (χ2v) is 7.22. The Morgan fingerprint density at radius 2 is 2.17 bits per heavy atom. The van der Waals surface area contributed by atoms with Gasteiger partial charge in [0.1, 0.15) is 5.75 Å². The van der Waals surface area contributed by atoms with Gasteiger partial charge in [0.2, 0.25) is 10.0 Å². The van der Waals surface area contributed by atoms with Crippen molar-refractivity contribution in [3.63, 3.8) is 0 Å². The van der Waals surface area contributed by atoms with E-state index in [0.717, 1.165) is 11.3 Å². The molecule has 24 heavy (non-hydrogen) atoms. The third-order valence-electron chi connectivity index (χ3n) is 3.37. The van der Waals surface area contributed by atoms with E-state index >= 15 is 0 Å². The molecule has 0 aliphatic rings. The van der Waals surface area contributed by atoms with E-state index in [9.17, 15) is 13.2 Å². The summed E-state index contributed by atoms with van der Waals surface area (Å²) in [5, 5.41) is 4.12. The molecule has 0 aliphatic heterocycles. The SMILES string of the molecule is Cc1c(CNS(=O)(=O)c2ccc(OCC(N)=O)c(Cl)c2)cnn1C. The van der Waals surface area contributed by atoms with Crippen molar-refractivity contribution in [3.8, 4) is 5.75 Å². The highest BCUT2D eigenvalue weighted by atomic mass is 35.5. The van der Waals surface area contributed by atoms with E-state index in [0.29, 0.717) is 0 Å². The summed E-state index contributed by atoms with van der Waals surface area (Å²) in [6.45, 7) is 1.61. The molecule has 1 aromatic carbocycles. The van der Waals surface area contributed by atoms with Crippen LogP contribution in [0.3, 0.4) is 0 Å². The van der Waals surface area contributed by atoms with Gasteiger partial charge in [-0.15, -0.1) is 0 Å².